The molecule has 0 fully saturated rings. The number of aryl methyl sites for hydroxylation is 1. The number of sulfonamides is 1. The number of hydrogen-bond acceptors (Lipinski definition) is 4. The van der Waals surface area contributed by atoms with E-state index in [0.29, 0.717) is 35.8 Å². The third-order valence-electron chi connectivity index (χ3n) is 4.25. The molecule has 0 aliphatic carbocycles. The Hall–Kier alpha value is -2.54. The first-order valence-electron chi connectivity index (χ1n) is 8.54. The highest BCUT2D eigenvalue weighted by molar-refractivity contribution is 7.92. The van der Waals surface area contributed by atoms with Crippen molar-refractivity contribution in [2.75, 3.05) is 29.0 Å². The van der Waals surface area contributed by atoms with Gasteiger partial charge in [-0.3, -0.25) is 9.10 Å². The van der Waals surface area contributed by atoms with Crippen molar-refractivity contribution in [1.29, 1.82) is 0 Å². The zero-order valence-corrected chi connectivity index (χ0v) is 15.7. The summed E-state index contributed by atoms with van der Waals surface area (Å²) in [5, 5.41) is 2.87. The molecule has 0 unspecified atom stereocenters. The third kappa shape index (κ3) is 3.83. The van der Waals surface area contributed by atoms with Crippen LogP contribution >= 0.6 is 0 Å². The Morgan fingerprint density at radius 3 is 2.73 bits per heavy atom. The Bertz CT molecular complexity index is 925. The van der Waals surface area contributed by atoms with Gasteiger partial charge in [0, 0.05) is 12.2 Å². The molecule has 0 spiro atoms. The van der Waals surface area contributed by atoms with Gasteiger partial charge < -0.3 is 10.1 Å². The van der Waals surface area contributed by atoms with Gasteiger partial charge in [-0.25, -0.2) is 8.42 Å². The van der Waals surface area contributed by atoms with E-state index in [9.17, 15) is 13.2 Å². The molecular formula is C19H22N2O4S. The fourth-order valence-corrected chi connectivity index (χ4v) is 4.12. The molecule has 6 nitrogen and oxygen atoms in total. The maximum atomic E-state index is 12.6. The number of ether oxygens (including phenoxy) is 1. The minimum Gasteiger partial charge on any atom is -0.493 e. The largest absolute Gasteiger partial charge is 0.493 e. The topological polar surface area (TPSA) is 75.7 Å². The summed E-state index contributed by atoms with van der Waals surface area (Å²) in [6.45, 7) is 2.83. The fourth-order valence-electron chi connectivity index (χ4n) is 3.12. The van der Waals surface area contributed by atoms with E-state index >= 15 is 0 Å². The van der Waals surface area contributed by atoms with Gasteiger partial charge in [-0.05, 0) is 55.7 Å². The number of benzene rings is 2. The van der Waals surface area contributed by atoms with Crippen molar-refractivity contribution >= 4 is 27.3 Å². The summed E-state index contributed by atoms with van der Waals surface area (Å²) >= 11 is 0. The quantitative estimate of drug-likeness (QED) is 0.873. The average molecular weight is 374 g/mol. The van der Waals surface area contributed by atoms with Gasteiger partial charge in [-0.2, -0.15) is 0 Å². The Morgan fingerprint density at radius 1 is 1.23 bits per heavy atom. The van der Waals surface area contributed by atoms with E-state index < -0.39 is 10.0 Å². The molecule has 7 heteroatoms. The number of hydrogen-bond donors (Lipinski definition) is 1. The molecule has 2 aromatic carbocycles. The van der Waals surface area contributed by atoms with Gasteiger partial charge >= 0.3 is 0 Å². The zero-order valence-electron chi connectivity index (χ0n) is 14.9. The minimum absolute atomic E-state index is 0.259. The molecule has 1 aliphatic rings. The molecule has 0 bridgehead atoms. The van der Waals surface area contributed by atoms with Crippen molar-refractivity contribution < 1.29 is 17.9 Å². The number of rotatable bonds is 5. The molecule has 0 saturated carbocycles. The molecule has 0 atom stereocenters. The lowest BCUT2D eigenvalue weighted by Gasteiger charge is -2.29. The maximum Gasteiger partial charge on any atom is 0.259 e. The molecule has 0 saturated heterocycles. The highest BCUT2D eigenvalue weighted by Gasteiger charge is 2.24. The number of nitrogens with one attached hydrogen (secondary N) is 1. The van der Waals surface area contributed by atoms with Gasteiger partial charge in [0.2, 0.25) is 10.0 Å². The summed E-state index contributed by atoms with van der Waals surface area (Å²) in [5.41, 5.74) is 2.70. The lowest BCUT2D eigenvalue weighted by atomic mass is 10.0. The molecule has 0 aromatic heterocycles. The van der Waals surface area contributed by atoms with E-state index in [0.717, 1.165) is 18.4 Å². The van der Waals surface area contributed by atoms with Gasteiger partial charge in [-0.15, -0.1) is 0 Å². The first kappa shape index (κ1) is 18.3. The second-order valence-corrected chi connectivity index (χ2v) is 8.07. The number of fused-ring (bicyclic) bond motifs is 1. The fraction of sp³-hybridized carbons (Fsp3) is 0.316. The number of para-hydroxylation sites is 1. The standard InChI is InChI=1S/C19H22N2O4S/c1-3-25-18-9-5-4-8-16(18)19(22)20-15-10-11-17-14(13-15)7-6-12-21(17)26(2,23)24/h4-5,8-11,13H,3,6-7,12H2,1-2H3,(H,20,22). The summed E-state index contributed by atoms with van der Waals surface area (Å²) in [6.07, 6.45) is 2.74. The monoisotopic (exact) mass is 374 g/mol. The minimum atomic E-state index is -3.30. The Labute approximate surface area is 153 Å². The number of amides is 1. The van der Waals surface area contributed by atoms with Crippen LogP contribution in [0.15, 0.2) is 42.5 Å². The molecular weight excluding hydrogens is 352 g/mol. The summed E-state index contributed by atoms with van der Waals surface area (Å²) in [6, 6.07) is 12.4. The Kier molecular flexibility index (Phi) is 5.18. The molecule has 26 heavy (non-hydrogen) atoms. The molecule has 1 heterocycles. The SMILES string of the molecule is CCOc1ccccc1C(=O)Nc1ccc2c(c1)CCCN2S(C)(=O)=O. The van der Waals surface area contributed by atoms with Crippen LogP contribution < -0.4 is 14.4 Å². The molecule has 0 radical (unpaired) electrons. The van der Waals surface area contributed by atoms with Crippen molar-refractivity contribution in [1.82, 2.24) is 0 Å². The third-order valence-corrected chi connectivity index (χ3v) is 5.43. The molecule has 3 rings (SSSR count). The van der Waals surface area contributed by atoms with E-state index in [1.807, 2.05) is 19.1 Å². The van der Waals surface area contributed by atoms with Crippen LogP contribution in [0.3, 0.4) is 0 Å². The molecule has 2 aromatic rings. The lowest BCUT2D eigenvalue weighted by molar-refractivity contribution is 0.102. The Balaban J connectivity index is 1.85. The first-order chi connectivity index (χ1) is 12.4. The smallest absolute Gasteiger partial charge is 0.259 e. The van der Waals surface area contributed by atoms with Gasteiger partial charge in [0.25, 0.3) is 5.91 Å². The van der Waals surface area contributed by atoms with Crippen LogP contribution in [0.4, 0.5) is 11.4 Å². The molecule has 138 valence electrons. The normalized spacial score (nSPS) is 13.8. The van der Waals surface area contributed by atoms with E-state index in [2.05, 4.69) is 5.32 Å². The summed E-state index contributed by atoms with van der Waals surface area (Å²) in [7, 11) is -3.30. The predicted molar refractivity (Wildman–Crippen MR) is 103 cm³/mol. The highest BCUT2D eigenvalue weighted by Crippen LogP contribution is 2.31. The van der Waals surface area contributed by atoms with Crippen LogP contribution in [-0.2, 0) is 16.4 Å². The molecule has 1 amide bonds. The zero-order chi connectivity index (χ0) is 18.7. The summed E-state index contributed by atoms with van der Waals surface area (Å²) in [5.74, 6) is 0.276. The van der Waals surface area contributed by atoms with Gasteiger partial charge in [0.05, 0.1) is 24.1 Å². The number of nitrogens with zero attached hydrogens (tertiary/aromatic N) is 1. The summed E-state index contributed by atoms with van der Waals surface area (Å²) < 4.78 is 30.8. The molecule has 1 aliphatic heterocycles. The van der Waals surface area contributed by atoms with Gasteiger partial charge in [0.1, 0.15) is 5.75 Å². The molecule has 1 N–H and O–H groups in total. The van der Waals surface area contributed by atoms with Crippen LogP contribution in [0.5, 0.6) is 5.75 Å². The average Bonchev–Trinajstić information content (AvgIpc) is 2.61. The van der Waals surface area contributed by atoms with E-state index in [1.54, 1.807) is 30.3 Å². The first-order valence-corrected chi connectivity index (χ1v) is 10.4. The van der Waals surface area contributed by atoms with E-state index in [-0.39, 0.29) is 5.91 Å². The predicted octanol–water partition coefficient (Wildman–Crippen LogP) is 3.05. The van der Waals surface area contributed by atoms with E-state index in [1.165, 1.54) is 10.6 Å². The van der Waals surface area contributed by atoms with Crippen molar-refractivity contribution in [3.63, 3.8) is 0 Å². The Morgan fingerprint density at radius 2 is 2.00 bits per heavy atom. The number of anilines is 2. The van der Waals surface area contributed by atoms with Crippen LogP contribution in [0.2, 0.25) is 0 Å². The van der Waals surface area contributed by atoms with Crippen LogP contribution in [0.1, 0.15) is 29.3 Å². The number of carbonyl (C=O) groups excluding carboxylic acids is 1. The van der Waals surface area contributed by atoms with Crippen LogP contribution in [-0.4, -0.2) is 33.7 Å². The van der Waals surface area contributed by atoms with E-state index in [4.69, 9.17) is 4.74 Å². The second-order valence-electron chi connectivity index (χ2n) is 6.17. The van der Waals surface area contributed by atoms with Gasteiger partial charge in [-0.1, -0.05) is 12.1 Å². The maximum absolute atomic E-state index is 12.6. The summed E-state index contributed by atoms with van der Waals surface area (Å²) in [4.78, 5) is 12.6. The van der Waals surface area contributed by atoms with Crippen LogP contribution in [0.25, 0.3) is 0 Å². The van der Waals surface area contributed by atoms with Gasteiger partial charge in [0.15, 0.2) is 0 Å². The van der Waals surface area contributed by atoms with Crippen molar-refractivity contribution in [3.8, 4) is 5.75 Å². The number of carbonyl (C=O) groups is 1. The van der Waals surface area contributed by atoms with Crippen molar-refractivity contribution in [2.24, 2.45) is 0 Å². The van der Waals surface area contributed by atoms with Crippen molar-refractivity contribution in [2.45, 2.75) is 19.8 Å². The van der Waals surface area contributed by atoms with Crippen LogP contribution in [0, 0.1) is 0 Å². The lowest BCUT2D eigenvalue weighted by Crippen LogP contribution is -2.34. The highest BCUT2D eigenvalue weighted by atomic mass is 32.2. The second kappa shape index (κ2) is 7.37. The van der Waals surface area contributed by atoms with Crippen molar-refractivity contribution in [3.05, 3.63) is 53.6 Å².